The predicted molar refractivity (Wildman–Crippen MR) is 197 cm³/mol. The molecule has 7 rings (SSSR count). The van der Waals surface area contributed by atoms with Crippen LogP contribution in [0.15, 0.2) is 71.3 Å². The van der Waals surface area contributed by atoms with Crippen molar-refractivity contribution >= 4 is 33.3 Å². The third-order valence-electron chi connectivity index (χ3n) is 11.1. The first-order valence-corrected chi connectivity index (χ1v) is 17.5. The Morgan fingerprint density at radius 2 is 1.11 bits per heavy atom. The van der Waals surface area contributed by atoms with Gasteiger partial charge in [-0.2, -0.15) is 0 Å². The van der Waals surface area contributed by atoms with E-state index in [0.717, 1.165) is 41.5 Å². The number of fused-ring (bicyclic) bond motifs is 3. The summed E-state index contributed by atoms with van der Waals surface area (Å²) in [5, 5.41) is 2.81. The van der Waals surface area contributed by atoms with Crippen LogP contribution in [-0.2, 0) is 28.5 Å². The van der Waals surface area contributed by atoms with E-state index in [-0.39, 0.29) is 27.4 Å². The minimum absolute atomic E-state index is 0.00893. The van der Waals surface area contributed by atoms with Crippen LogP contribution in [0, 0.1) is 16.7 Å². The molecule has 0 saturated heterocycles. The quantitative estimate of drug-likeness (QED) is 0.283. The second-order valence-corrected chi connectivity index (χ2v) is 18.6. The van der Waals surface area contributed by atoms with Crippen molar-refractivity contribution in [2.75, 3.05) is 0 Å². The zero-order valence-corrected chi connectivity index (χ0v) is 30.3. The van der Waals surface area contributed by atoms with Crippen molar-refractivity contribution in [2.45, 2.75) is 113 Å². The molecule has 0 aromatic heterocycles. The van der Waals surface area contributed by atoms with Gasteiger partial charge in [0, 0.05) is 22.3 Å². The van der Waals surface area contributed by atoms with Gasteiger partial charge in [0.2, 0.25) is 0 Å². The molecule has 4 aliphatic carbocycles. The molecule has 1 atom stereocenters. The number of Topliss-reactive ketones (excluding diaryl/α,β-unsaturated/α-hetero) is 1. The highest BCUT2D eigenvalue weighted by molar-refractivity contribution is 6.51. The maximum Gasteiger partial charge on any atom is 0.195 e. The zero-order valence-electron chi connectivity index (χ0n) is 30.3. The van der Waals surface area contributed by atoms with Gasteiger partial charge in [-0.3, -0.25) is 4.79 Å². The van der Waals surface area contributed by atoms with Crippen molar-refractivity contribution in [3.8, 4) is 0 Å². The van der Waals surface area contributed by atoms with Crippen molar-refractivity contribution in [3.05, 3.63) is 110 Å². The van der Waals surface area contributed by atoms with Gasteiger partial charge in [-0.1, -0.05) is 138 Å². The maximum atomic E-state index is 15.4. The van der Waals surface area contributed by atoms with Gasteiger partial charge in [-0.15, -0.1) is 0 Å². The molecule has 46 heavy (non-hydrogen) atoms. The van der Waals surface area contributed by atoms with E-state index in [1.54, 1.807) is 0 Å². The van der Waals surface area contributed by atoms with Crippen molar-refractivity contribution in [1.82, 2.24) is 0 Å². The number of benzene rings is 3. The van der Waals surface area contributed by atoms with Crippen LogP contribution >= 0.6 is 0 Å². The summed E-state index contributed by atoms with van der Waals surface area (Å²) in [6.45, 7) is 27.7. The minimum atomic E-state index is -0.0403. The second-order valence-electron chi connectivity index (χ2n) is 18.6. The Morgan fingerprint density at radius 3 is 1.59 bits per heavy atom. The Labute approximate surface area is 277 Å². The Balaban J connectivity index is 1.55. The summed E-state index contributed by atoms with van der Waals surface area (Å²) in [6, 6.07) is 16.4. The van der Waals surface area contributed by atoms with E-state index >= 15 is 4.79 Å². The van der Waals surface area contributed by atoms with Crippen molar-refractivity contribution < 1.29 is 4.79 Å². The van der Waals surface area contributed by atoms with Crippen LogP contribution in [0.1, 0.15) is 128 Å². The number of hydrogen-bond donors (Lipinski definition) is 0. The smallest absolute Gasteiger partial charge is 0.195 e. The molecule has 3 aromatic rings. The van der Waals surface area contributed by atoms with E-state index in [9.17, 15) is 0 Å². The molecule has 1 unspecified atom stereocenters. The third kappa shape index (κ3) is 4.75. The number of aryl methyl sites for hydroxylation is 2. The number of allylic oxidation sites excluding steroid dienone is 8. The fourth-order valence-electron chi connectivity index (χ4n) is 8.11. The predicted octanol–water partition coefficient (Wildman–Crippen LogP) is 11.8. The Bertz CT molecular complexity index is 1940. The van der Waals surface area contributed by atoms with Crippen molar-refractivity contribution in [3.63, 3.8) is 0 Å². The zero-order chi connectivity index (χ0) is 33.3. The van der Waals surface area contributed by atoms with Gasteiger partial charge < -0.3 is 0 Å². The van der Waals surface area contributed by atoms with Gasteiger partial charge in [0.1, 0.15) is 0 Å². The van der Waals surface area contributed by atoms with Gasteiger partial charge in [0.25, 0.3) is 0 Å². The fraction of sp³-hybridized carbons (Fsp3) is 0.444. The normalized spacial score (nSPS) is 19.8. The lowest BCUT2D eigenvalue weighted by Crippen LogP contribution is -2.25. The van der Waals surface area contributed by atoms with E-state index in [1.165, 1.54) is 60.9 Å². The van der Waals surface area contributed by atoms with Crippen LogP contribution in [0.5, 0.6) is 0 Å². The van der Waals surface area contributed by atoms with Gasteiger partial charge in [0.05, 0.1) is 0 Å². The molecule has 1 nitrogen and oxygen atoms in total. The first-order chi connectivity index (χ1) is 21.2. The Kier molecular flexibility index (Phi) is 6.63. The van der Waals surface area contributed by atoms with E-state index in [2.05, 4.69) is 138 Å². The molecular formula is C45H52O. The molecule has 1 heteroatoms. The molecule has 0 N–H and O–H groups in total. The summed E-state index contributed by atoms with van der Waals surface area (Å²) in [4.78, 5) is 15.4. The highest BCUT2D eigenvalue weighted by Crippen LogP contribution is 2.59. The summed E-state index contributed by atoms with van der Waals surface area (Å²) >= 11 is 0. The van der Waals surface area contributed by atoms with Gasteiger partial charge in [-0.05, 0) is 108 Å². The lowest BCUT2D eigenvalue weighted by Gasteiger charge is -2.36. The fourth-order valence-corrected chi connectivity index (χ4v) is 8.11. The standard InChI is InChI=1S/C45H52O/c1-42(2,3)29-19-27(20-30(23-29)43(4,5)6)36-39-33-17-15-25-13-14-26-16-18-34(38(33)35(25)26)40(39)37(41(36)46)28-21-31(44(7,8)9)24-32(22-28)45(10,11)12/h15-21,23-24,32H,13-14,22H2,1-12H3. The van der Waals surface area contributed by atoms with Gasteiger partial charge in [-0.25, -0.2) is 0 Å². The van der Waals surface area contributed by atoms with Crippen LogP contribution in [-0.4, -0.2) is 5.78 Å². The summed E-state index contributed by atoms with van der Waals surface area (Å²) in [7, 11) is 0. The lowest BCUT2D eigenvalue weighted by molar-refractivity contribution is -0.110. The van der Waals surface area contributed by atoms with Crippen molar-refractivity contribution in [2.24, 2.45) is 16.7 Å². The van der Waals surface area contributed by atoms with Crippen LogP contribution in [0.3, 0.4) is 0 Å². The topological polar surface area (TPSA) is 17.1 Å². The van der Waals surface area contributed by atoms with Crippen LogP contribution in [0.2, 0.25) is 0 Å². The summed E-state index contributed by atoms with van der Waals surface area (Å²) in [5.41, 5.74) is 15.8. The van der Waals surface area contributed by atoms with Crippen LogP contribution in [0.4, 0.5) is 0 Å². The lowest BCUT2D eigenvalue weighted by atomic mass is 9.69. The van der Waals surface area contributed by atoms with Gasteiger partial charge in [0.15, 0.2) is 5.78 Å². The Morgan fingerprint density at radius 1 is 0.587 bits per heavy atom. The second kappa shape index (κ2) is 9.79. The molecular weight excluding hydrogens is 556 g/mol. The molecule has 3 aromatic carbocycles. The molecule has 0 radical (unpaired) electrons. The minimum Gasteiger partial charge on any atom is -0.289 e. The average molecular weight is 609 g/mol. The summed E-state index contributed by atoms with van der Waals surface area (Å²) in [5.74, 6) is 0.554. The number of carbonyl (C=O) groups is 1. The molecule has 238 valence electrons. The largest absolute Gasteiger partial charge is 0.289 e. The highest BCUT2D eigenvalue weighted by atomic mass is 16.1. The number of rotatable bonds is 2. The number of hydrogen-bond acceptors (Lipinski definition) is 1. The molecule has 0 spiro atoms. The third-order valence-corrected chi connectivity index (χ3v) is 11.1. The first kappa shape index (κ1) is 31.2. The number of carbonyl (C=O) groups excluding carboxylic acids is 1. The molecule has 4 aliphatic rings. The molecule has 0 saturated carbocycles. The van der Waals surface area contributed by atoms with Crippen molar-refractivity contribution in [1.29, 1.82) is 0 Å². The van der Waals surface area contributed by atoms with Crippen LogP contribution in [0.25, 0.3) is 27.5 Å². The Hall–Kier alpha value is -3.45. The molecule has 0 aliphatic heterocycles. The SMILES string of the molecule is CC(C)(C)C1=CC(C(C)(C)C)CC(C2=C3C(=C(c4cc(C(C)(C)C)cc(C(C)(C)C)c4)C2=O)c2ccc4c5c(ccc3c25)CC4)=C1. The molecule has 0 heterocycles. The van der Waals surface area contributed by atoms with Gasteiger partial charge >= 0.3 is 0 Å². The molecule has 0 amide bonds. The summed E-state index contributed by atoms with van der Waals surface area (Å²) in [6.07, 6.45) is 7.97. The van der Waals surface area contributed by atoms with E-state index in [0.29, 0.717) is 5.92 Å². The average Bonchev–Trinajstić information content (AvgIpc) is 3.59. The number of ketones is 1. The maximum absolute atomic E-state index is 15.4. The monoisotopic (exact) mass is 608 g/mol. The first-order valence-electron chi connectivity index (χ1n) is 17.5. The summed E-state index contributed by atoms with van der Waals surface area (Å²) < 4.78 is 0. The van der Waals surface area contributed by atoms with E-state index in [1.807, 2.05) is 0 Å². The highest BCUT2D eigenvalue weighted by Gasteiger charge is 2.43. The van der Waals surface area contributed by atoms with E-state index in [4.69, 9.17) is 0 Å². The molecule has 0 fully saturated rings. The van der Waals surface area contributed by atoms with Crippen LogP contribution < -0.4 is 0 Å². The van der Waals surface area contributed by atoms with E-state index < -0.39 is 0 Å². The molecule has 0 bridgehead atoms.